The lowest BCUT2D eigenvalue weighted by Crippen LogP contribution is -2.14. The zero-order chi connectivity index (χ0) is 12.3. The minimum absolute atomic E-state index is 0.108. The molecule has 2 rings (SSSR count). The number of fused-ring (bicyclic) bond motifs is 1. The van der Waals surface area contributed by atoms with Crippen molar-refractivity contribution in [3.63, 3.8) is 0 Å². The minimum atomic E-state index is -0.108. The molecule has 4 nitrogen and oxygen atoms in total. The number of nitrogens with one attached hydrogen (secondary N) is 1. The van der Waals surface area contributed by atoms with Crippen LogP contribution in [0, 0.1) is 11.5 Å². The topological polar surface area (TPSA) is 61.3 Å². The Kier molecular flexibility index (Phi) is 3.10. The standard InChI is InChI=1S/C13H13N3O/c1-9(16-10(2)15-8-14)13-7-11-5-3-4-6-12(11)17-13/h3-7,9H,1-2H3,(H,15,16)/t9-/m0/s1. The van der Waals surface area contributed by atoms with Gasteiger partial charge < -0.3 is 4.42 Å². The van der Waals surface area contributed by atoms with Gasteiger partial charge in [0, 0.05) is 5.39 Å². The molecule has 1 aromatic carbocycles. The van der Waals surface area contributed by atoms with Crippen molar-refractivity contribution >= 4 is 16.8 Å². The van der Waals surface area contributed by atoms with Crippen molar-refractivity contribution in [1.82, 2.24) is 5.32 Å². The van der Waals surface area contributed by atoms with E-state index in [-0.39, 0.29) is 6.04 Å². The summed E-state index contributed by atoms with van der Waals surface area (Å²) in [5.74, 6) is 1.38. The fourth-order valence-electron chi connectivity index (χ4n) is 1.68. The van der Waals surface area contributed by atoms with Crippen LogP contribution in [0.1, 0.15) is 25.6 Å². The van der Waals surface area contributed by atoms with Crippen molar-refractivity contribution < 1.29 is 4.42 Å². The van der Waals surface area contributed by atoms with E-state index in [1.165, 1.54) is 0 Å². The summed E-state index contributed by atoms with van der Waals surface area (Å²) < 4.78 is 5.69. The summed E-state index contributed by atoms with van der Waals surface area (Å²) in [4.78, 5) is 4.32. The quantitative estimate of drug-likeness (QED) is 0.371. The molecule has 0 saturated carbocycles. The van der Waals surface area contributed by atoms with Gasteiger partial charge in [-0.15, -0.1) is 0 Å². The molecule has 86 valence electrons. The molecule has 0 saturated heterocycles. The summed E-state index contributed by atoms with van der Waals surface area (Å²) in [6.07, 6.45) is 1.84. The maximum atomic E-state index is 8.47. The van der Waals surface area contributed by atoms with Gasteiger partial charge in [-0.1, -0.05) is 18.2 Å². The van der Waals surface area contributed by atoms with E-state index in [9.17, 15) is 0 Å². The average Bonchev–Trinajstić information content (AvgIpc) is 2.72. The molecule has 1 aromatic heterocycles. The van der Waals surface area contributed by atoms with Crippen LogP contribution in [-0.4, -0.2) is 5.84 Å². The zero-order valence-corrected chi connectivity index (χ0v) is 9.77. The van der Waals surface area contributed by atoms with E-state index in [4.69, 9.17) is 9.68 Å². The number of hydrogen-bond donors (Lipinski definition) is 1. The second kappa shape index (κ2) is 4.71. The number of furan rings is 1. The maximum Gasteiger partial charge on any atom is 0.182 e. The molecule has 2 aromatic rings. The molecule has 0 fully saturated rings. The highest BCUT2D eigenvalue weighted by molar-refractivity contribution is 5.81. The van der Waals surface area contributed by atoms with Crippen molar-refractivity contribution in [1.29, 1.82) is 5.26 Å². The molecule has 0 aliphatic carbocycles. The van der Waals surface area contributed by atoms with Gasteiger partial charge in [-0.25, -0.2) is 0 Å². The van der Waals surface area contributed by atoms with Gasteiger partial charge in [-0.3, -0.25) is 10.3 Å². The first-order valence-corrected chi connectivity index (χ1v) is 5.38. The van der Waals surface area contributed by atoms with Gasteiger partial charge in [0.05, 0.1) is 0 Å². The number of para-hydroxylation sites is 1. The predicted octanol–water partition coefficient (Wildman–Crippen LogP) is 2.98. The van der Waals surface area contributed by atoms with Crippen molar-refractivity contribution in [2.45, 2.75) is 19.9 Å². The summed E-state index contributed by atoms with van der Waals surface area (Å²) >= 11 is 0. The molecule has 1 atom stereocenters. The number of nitrogens with zero attached hydrogens (tertiary/aromatic N) is 2. The number of rotatable bonds is 2. The molecular formula is C13H13N3O. The third kappa shape index (κ3) is 2.45. The molecular weight excluding hydrogens is 214 g/mol. The summed E-state index contributed by atoms with van der Waals surface area (Å²) in [6.45, 7) is 3.68. The Balaban J connectivity index is 2.28. The molecule has 1 heterocycles. The van der Waals surface area contributed by atoms with Crippen molar-refractivity contribution in [3.8, 4) is 6.19 Å². The summed E-state index contributed by atoms with van der Waals surface area (Å²) in [6, 6.07) is 9.70. The first kappa shape index (κ1) is 11.2. The Hall–Kier alpha value is -2.28. The van der Waals surface area contributed by atoms with Crippen LogP contribution in [0.3, 0.4) is 0 Å². The molecule has 17 heavy (non-hydrogen) atoms. The Morgan fingerprint density at radius 1 is 1.47 bits per heavy atom. The third-order valence-electron chi connectivity index (χ3n) is 2.48. The Bertz CT molecular complexity index is 559. The highest BCUT2D eigenvalue weighted by Crippen LogP contribution is 2.25. The summed E-state index contributed by atoms with van der Waals surface area (Å²) in [5.41, 5.74) is 0.857. The van der Waals surface area contributed by atoms with Gasteiger partial charge in [0.2, 0.25) is 0 Å². The smallest absolute Gasteiger partial charge is 0.182 e. The molecule has 1 N–H and O–H groups in total. The van der Waals surface area contributed by atoms with Gasteiger partial charge in [0.15, 0.2) is 6.19 Å². The summed E-state index contributed by atoms with van der Waals surface area (Å²) in [7, 11) is 0. The maximum absolute atomic E-state index is 8.47. The third-order valence-corrected chi connectivity index (χ3v) is 2.48. The molecule has 0 amide bonds. The van der Waals surface area contributed by atoms with Crippen LogP contribution in [0.2, 0.25) is 0 Å². The average molecular weight is 227 g/mol. The Morgan fingerprint density at radius 3 is 2.94 bits per heavy atom. The van der Waals surface area contributed by atoms with E-state index in [0.717, 1.165) is 16.7 Å². The molecule has 0 aliphatic heterocycles. The fourth-order valence-corrected chi connectivity index (χ4v) is 1.68. The largest absolute Gasteiger partial charge is 0.459 e. The van der Waals surface area contributed by atoms with Gasteiger partial charge in [0.25, 0.3) is 0 Å². The van der Waals surface area contributed by atoms with Gasteiger partial charge in [-0.2, -0.15) is 5.26 Å². The van der Waals surface area contributed by atoms with Crippen molar-refractivity contribution in [2.24, 2.45) is 4.99 Å². The number of hydrogen-bond acceptors (Lipinski definition) is 3. The van der Waals surface area contributed by atoms with E-state index in [1.54, 1.807) is 6.92 Å². The number of benzene rings is 1. The van der Waals surface area contributed by atoms with Gasteiger partial charge in [0.1, 0.15) is 23.2 Å². The molecule has 0 spiro atoms. The first-order valence-electron chi connectivity index (χ1n) is 5.38. The second-order valence-electron chi connectivity index (χ2n) is 3.81. The van der Waals surface area contributed by atoms with Crippen LogP contribution in [0.4, 0.5) is 0 Å². The van der Waals surface area contributed by atoms with E-state index >= 15 is 0 Å². The summed E-state index contributed by atoms with van der Waals surface area (Å²) in [5, 5.41) is 12.0. The monoisotopic (exact) mass is 227 g/mol. The van der Waals surface area contributed by atoms with Crippen LogP contribution in [0.15, 0.2) is 39.7 Å². The minimum Gasteiger partial charge on any atom is -0.459 e. The van der Waals surface area contributed by atoms with Gasteiger partial charge >= 0.3 is 0 Å². The van der Waals surface area contributed by atoms with E-state index in [2.05, 4.69) is 10.3 Å². The Morgan fingerprint density at radius 2 is 2.24 bits per heavy atom. The predicted molar refractivity (Wildman–Crippen MR) is 66.5 cm³/mol. The van der Waals surface area contributed by atoms with Crippen molar-refractivity contribution in [3.05, 3.63) is 36.1 Å². The van der Waals surface area contributed by atoms with E-state index in [0.29, 0.717) is 5.84 Å². The van der Waals surface area contributed by atoms with Crippen LogP contribution >= 0.6 is 0 Å². The fraction of sp³-hybridized carbons (Fsp3) is 0.231. The highest BCUT2D eigenvalue weighted by atomic mass is 16.3. The molecule has 0 bridgehead atoms. The number of amidine groups is 1. The number of nitriles is 1. The lowest BCUT2D eigenvalue weighted by molar-refractivity contribution is 0.513. The lowest BCUT2D eigenvalue weighted by atomic mass is 10.2. The molecule has 0 aliphatic rings. The normalized spacial score (nSPS) is 13.4. The second-order valence-corrected chi connectivity index (χ2v) is 3.81. The number of aliphatic imine (C=N–C) groups is 1. The zero-order valence-electron chi connectivity index (χ0n) is 9.77. The molecule has 4 heteroatoms. The van der Waals surface area contributed by atoms with Crippen LogP contribution < -0.4 is 5.32 Å². The van der Waals surface area contributed by atoms with Crippen molar-refractivity contribution in [2.75, 3.05) is 0 Å². The van der Waals surface area contributed by atoms with Crippen LogP contribution in [0.5, 0.6) is 0 Å². The SMILES string of the molecule is CC(=N[C@@H](C)c1cc2ccccc2o1)NC#N. The first-order chi connectivity index (χ1) is 8.20. The van der Waals surface area contributed by atoms with Gasteiger partial charge in [-0.05, 0) is 26.0 Å². The molecule has 0 unspecified atom stereocenters. The Labute approximate surface area is 99.6 Å². The lowest BCUT2D eigenvalue weighted by Gasteiger charge is -2.03. The van der Waals surface area contributed by atoms with E-state index in [1.807, 2.05) is 43.4 Å². The molecule has 0 radical (unpaired) electrons. The van der Waals surface area contributed by atoms with Crippen LogP contribution in [-0.2, 0) is 0 Å². The van der Waals surface area contributed by atoms with E-state index < -0.39 is 0 Å². The highest BCUT2D eigenvalue weighted by Gasteiger charge is 2.10. The van der Waals surface area contributed by atoms with Crippen LogP contribution in [0.25, 0.3) is 11.0 Å².